The molecule has 0 aliphatic rings. The van der Waals surface area contributed by atoms with E-state index < -0.39 is 11.4 Å². The number of phenols is 1. The third kappa shape index (κ3) is 1.41. The van der Waals surface area contributed by atoms with Crippen molar-refractivity contribution in [3.8, 4) is 11.5 Å². The molecule has 0 amide bonds. The van der Waals surface area contributed by atoms with Gasteiger partial charge in [-0.1, -0.05) is 0 Å². The first-order chi connectivity index (χ1) is 7.54. The number of aryl methyl sites for hydroxylation is 1. The van der Waals surface area contributed by atoms with Crippen LogP contribution in [0.15, 0.2) is 21.3 Å². The van der Waals surface area contributed by atoms with Crippen LogP contribution in [-0.2, 0) is 0 Å². The summed E-state index contributed by atoms with van der Waals surface area (Å²) in [6.45, 7) is 1.40. The minimum Gasteiger partial charge on any atom is -0.507 e. The van der Waals surface area contributed by atoms with Gasteiger partial charge in [0.15, 0.2) is 0 Å². The first kappa shape index (κ1) is 10.5. The van der Waals surface area contributed by atoms with Crippen molar-refractivity contribution in [2.45, 2.75) is 6.92 Å². The van der Waals surface area contributed by atoms with Crippen molar-refractivity contribution in [1.82, 2.24) is 0 Å². The lowest BCUT2D eigenvalue weighted by atomic mass is 10.1. The number of hydrogen-bond donors (Lipinski definition) is 1. The summed E-state index contributed by atoms with van der Waals surface area (Å²) in [5.41, 5.74) is -0.898. The molecule has 1 heterocycles. The van der Waals surface area contributed by atoms with E-state index in [0.717, 1.165) is 0 Å². The zero-order valence-corrected chi connectivity index (χ0v) is 8.70. The minimum atomic E-state index is -1.06. The zero-order valence-electron chi connectivity index (χ0n) is 8.70. The monoisotopic (exact) mass is 224 g/mol. The normalized spacial score (nSPS) is 10.7. The predicted octanol–water partition coefficient (Wildman–Crippen LogP) is 1.95. The van der Waals surface area contributed by atoms with Gasteiger partial charge in [-0.3, -0.25) is 0 Å². The van der Waals surface area contributed by atoms with Gasteiger partial charge in [0.25, 0.3) is 0 Å². The van der Waals surface area contributed by atoms with Crippen molar-refractivity contribution < 1.29 is 18.7 Å². The van der Waals surface area contributed by atoms with E-state index in [4.69, 9.17) is 9.15 Å². The van der Waals surface area contributed by atoms with Gasteiger partial charge in [0.2, 0.25) is 5.82 Å². The van der Waals surface area contributed by atoms with E-state index in [9.17, 15) is 14.3 Å². The molecule has 1 aromatic carbocycles. The molecule has 1 N–H and O–H groups in total. The largest absolute Gasteiger partial charge is 0.507 e. The summed E-state index contributed by atoms with van der Waals surface area (Å²) in [5, 5.41) is 9.85. The van der Waals surface area contributed by atoms with E-state index in [0.29, 0.717) is 5.75 Å². The molecule has 2 rings (SSSR count). The number of benzene rings is 1. The summed E-state index contributed by atoms with van der Waals surface area (Å²) in [5.74, 6) is -0.846. The van der Waals surface area contributed by atoms with Crippen molar-refractivity contribution in [2.24, 2.45) is 0 Å². The highest BCUT2D eigenvalue weighted by atomic mass is 19.1. The predicted molar refractivity (Wildman–Crippen MR) is 55.4 cm³/mol. The Morgan fingerprint density at radius 2 is 2.12 bits per heavy atom. The second-order valence-electron chi connectivity index (χ2n) is 3.35. The molecule has 4 nitrogen and oxygen atoms in total. The number of rotatable bonds is 1. The SMILES string of the molecule is COc1cc(O)c2c(C)c(F)c(=O)oc2c1. The Kier molecular flexibility index (Phi) is 2.30. The number of phenolic OH excluding ortho intramolecular Hbond substituents is 1. The molecule has 0 unspecified atom stereocenters. The Hall–Kier alpha value is -2.04. The van der Waals surface area contributed by atoms with E-state index in [1.807, 2.05) is 0 Å². The molecule has 0 aliphatic heterocycles. The molecular formula is C11H9FO4. The fraction of sp³-hybridized carbons (Fsp3) is 0.182. The summed E-state index contributed by atoms with van der Waals surface area (Å²) in [6, 6.07) is 2.75. The number of hydrogen-bond acceptors (Lipinski definition) is 4. The number of halogens is 1. The van der Waals surface area contributed by atoms with Gasteiger partial charge in [-0.2, -0.15) is 4.39 Å². The van der Waals surface area contributed by atoms with Gasteiger partial charge in [-0.05, 0) is 6.92 Å². The Morgan fingerprint density at radius 1 is 1.44 bits per heavy atom. The van der Waals surface area contributed by atoms with Crippen molar-refractivity contribution in [3.05, 3.63) is 33.9 Å². The quantitative estimate of drug-likeness (QED) is 0.752. The van der Waals surface area contributed by atoms with Gasteiger partial charge in [0.1, 0.15) is 17.1 Å². The van der Waals surface area contributed by atoms with Gasteiger partial charge < -0.3 is 14.3 Å². The van der Waals surface area contributed by atoms with E-state index in [1.165, 1.54) is 26.2 Å². The van der Waals surface area contributed by atoms with Crippen LogP contribution < -0.4 is 10.4 Å². The molecule has 1 aromatic heterocycles. The van der Waals surface area contributed by atoms with Crippen molar-refractivity contribution >= 4 is 11.0 Å². The molecule has 0 radical (unpaired) electrons. The lowest BCUT2D eigenvalue weighted by Crippen LogP contribution is -2.07. The maximum absolute atomic E-state index is 13.3. The molecule has 0 fully saturated rings. The highest BCUT2D eigenvalue weighted by Gasteiger charge is 2.15. The number of fused-ring (bicyclic) bond motifs is 1. The molecule has 0 spiro atoms. The zero-order chi connectivity index (χ0) is 11.9. The fourth-order valence-corrected chi connectivity index (χ4v) is 1.56. The Labute approximate surface area is 89.9 Å². The summed E-state index contributed by atoms with van der Waals surface area (Å²) < 4.78 is 22.9. The fourth-order valence-electron chi connectivity index (χ4n) is 1.56. The molecule has 84 valence electrons. The molecule has 16 heavy (non-hydrogen) atoms. The molecule has 2 aromatic rings. The Morgan fingerprint density at radius 3 is 2.75 bits per heavy atom. The second kappa shape index (κ2) is 3.52. The topological polar surface area (TPSA) is 59.7 Å². The third-order valence-corrected chi connectivity index (χ3v) is 2.38. The molecule has 0 atom stereocenters. The maximum Gasteiger partial charge on any atom is 0.372 e. The highest BCUT2D eigenvalue weighted by Crippen LogP contribution is 2.32. The summed E-state index contributed by atoms with van der Waals surface area (Å²) in [6.07, 6.45) is 0. The second-order valence-corrected chi connectivity index (χ2v) is 3.35. The summed E-state index contributed by atoms with van der Waals surface area (Å²) in [4.78, 5) is 11.1. The van der Waals surface area contributed by atoms with Crippen LogP contribution in [0.1, 0.15) is 5.56 Å². The lowest BCUT2D eigenvalue weighted by molar-refractivity contribution is 0.406. The lowest BCUT2D eigenvalue weighted by Gasteiger charge is -2.06. The van der Waals surface area contributed by atoms with Crippen LogP contribution in [0.2, 0.25) is 0 Å². The minimum absolute atomic E-state index is 0.0615. The van der Waals surface area contributed by atoms with Gasteiger partial charge >= 0.3 is 5.63 Å². The average Bonchev–Trinajstić information content (AvgIpc) is 2.25. The molecular weight excluding hydrogens is 215 g/mol. The van der Waals surface area contributed by atoms with Crippen LogP contribution in [0.5, 0.6) is 11.5 Å². The van der Waals surface area contributed by atoms with E-state index in [2.05, 4.69) is 0 Å². The summed E-state index contributed by atoms with van der Waals surface area (Å²) >= 11 is 0. The first-order valence-electron chi connectivity index (χ1n) is 4.54. The molecule has 0 saturated carbocycles. The van der Waals surface area contributed by atoms with Crippen LogP contribution in [0.3, 0.4) is 0 Å². The molecule has 5 heteroatoms. The summed E-state index contributed by atoms with van der Waals surface area (Å²) in [7, 11) is 1.41. The van der Waals surface area contributed by atoms with Crippen LogP contribution in [0.25, 0.3) is 11.0 Å². The molecule has 0 saturated heterocycles. The Bertz CT molecular complexity index is 615. The highest BCUT2D eigenvalue weighted by molar-refractivity contribution is 5.87. The van der Waals surface area contributed by atoms with Crippen LogP contribution >= 0.6 is 0 Å². The number of methoxy groups -OCH3 is 1. The van der Waals surface area contributed by atoms with Gasteiger partial charge in [-0.25, -0.2) is 4.79 Å². The van der Waals surface area contributed by atoms with E-state index in [1.54, 1.807) is 0 Å². The maximum atomic E-state index is 13.3. The number of ether oxygens (including phenoxy) is 1. The van der Waals surface area contributed by atoms with Crippen LogP contribution in [-0.4, -0.2) is 12.2 Å². The smallest absolute Gasteiger partial charge is 0.372 e. The van der Waals surface area contributed by atoms with Crippen molar-refractivity contribution in [2.75, 3.05) is 7.11 Å². The number of aromatic hydroxyl groups is 1. The van der Waals surface area contributed by atoms with Crippen molar-refractivity contribution in [1.29, 1.82) is 0 Å². The third-order valence-electron chi connectivity index (χ3n) is 2.38. The van der Waals surface area contributed by atoms with Crippen molar-refractivity contribution in [3.63, 3.8) is 0 Å². The standard InChI is InChI=1S/C11H9FO4/c1-5-9-7(13)3-6(15-2)4-8(9)16-11(14)10(5)12/h3-4,13H,1-2H3. The molecule has 0 bridgehead atoms. The van der Waals surface area contributed by atoms with E-state index in [-0.39, 0.29) is 22.3 Å². The van der Waals surface area contributed by atoms with E-state index >= 15 is 0 Å². The molecule has 0 aliphatic carbocycles. The van der Waals surface area contributed by atoms with Gasteiger partial charge in [0.05, 0.1) is 12.5 Å². The van der Waals surface area contributed by atoms with Crippen LogP contribution in [0.4, 0.5) is 4.39 Å². The van der Waals surface area contributed by atoms with Gasteiger partial charge in [0, 0.05) is 17.7 Å². The van der Waals surface area contributed by atoms with Gasteiger partial charge in [-0.15, -0.1) is 0 Å². The average molecular weight is 224 g/mol. The Balaban J connectivity index is 2.96. The first-order valence-corrected chi connectivity index (χ1v) is 4.54. The van der Waals surface area contributed by atoms with Crippen LogP contribution in [0, 0.1) is 12.7 Å².